The Morgan fingerprint density at radius 1 is 0.947 bits per heavy atom. The number of carbonyl (C=O) groups is 2. The minimum Gasteiger partial charge on any atom is -0.483 e. The van der Waals surface area contributed by atoms with Gasteiger partial charge in [0, 0.05) is 19.0 Å². The van der Waals surface area contributed by atoms with Crippen LogP contribution in [0, 0.1) is 13.8 Å². The molecule has 0 aliphatic heterocycles. The first-order valence-electron chi connectivity index (χ1n) is 13.1. The molecule has 1 atom stereocenters. The lowest BCUT2D eigenvalue weighted by molar-refractivity contribution is -0.143. The molecule has 0 bridgehead atoms. The van der Waals surface area contributed by atoms with Gasteiger partial charge in [0.15, 0.2) is 6.61 Å². The lowest BCUT2D eigenvalue weighted by atomic mass is 10.0. The molecular formula is C31H34Cl2N2O3. The van der Waals surface area contributed by atoms with Crippen LogP contribution < -0.4 is 10.1 Å². The second-order valence-corrected chi connectivity index (χ2v) is 10.8. The molecule has 0 radical (unpaired) electrons. The van der Waals surface area contributed by atoms with Gasteiger partial charge in [-0.25, -0.2) is 0 Å². The van der Waals surface area contributed by atoms with Gasteiger partial charge in [0.1, 0.15) is 11.8 Å². The standard InChI is InChI=1S/C31H34Cl2N2O3/c1-21-12-13-22(2)29(16-21)38-20-30(36)35(19-24-14-15-26(32)27(33)17-24)28(18-23-8-4-3-5-9-23)31(37)34-25-10-6-7-11-25/h3-5,8-9,12-17,25,28H,6-7,10-11,18-20H2,1-2H3,(H,34,37)/t28-/m0/s1. The number of rotatable bonds is 10. The molecule has 7 heteroatoms. The van der Waals surface area contributed by atoms with Crippen molar-refractivity contribution in [1.82, 2.24) is 10.2 Å². The fraction of sp³-hybridized carbons (Fsp3) is 0.355. The van der Waals surface area contributed by atoms with E-state index >= 15 is 0 Å². The molecule has 0 unspecified atom stereocenters. The van der Waals surface area contributed by atoms with Crippen LogP contribution in [0.1, 0.15) is 47.9 Å². The molecule has 2 amide bonds. The third-order valence-electron chi connectivity index (χ3n) is 7.00. The number of nitrogens with one attached hydrogen (secondary N) is 1. The Kier molecular flexibility index (Phi) is 9.70. The van der Waals surface area contributed by atoms with Crippen LogP contribution in [-0.4, -0.2) is 35.4 Å². The maximum atomic E-state index is 13.8. The van der Waals surface area contributed by atoms with Gasteiger partial charge in [-0.3, -0.25) is 9.59 Å². The summed E-state index contributed by atoms with van der Waals surface area (Å²) in [6.45, 7) is 3.93. The summed E-state index contributed by atoms with van der Waals surface area (Å²) in [5.74, 6) is 0.225. The predicted octanol–water partition coefficient (Wildman–Crippen LogP) is 6.69. The monoisotopic (exact) mass is 552 g/mol. The molecule has 1 saturated carbocycles. The summed E-state index contributed by atoms with van der Waals surface area (Å²) in [4.78, 5) is 29.2. The fourth-order valence-electron chi connectivity index (χ4n) is 4.84. The number of ether oxygens (including phenoxy) is 1. The summed E-state index contributed by atoms with van der Waals surface area (Å²) in [5, 5.41) is 4.05. The van der Waals surface area contributed by atoms with Crippen molar-refractivity contribution in [3.05, 3.63) is 99.0 Å². The molecule has 0 spiro atoms. The van der Waals surface area contributed by atoms with Crippen LogP contribution in [0.5, 0.6) is 5.75 Å². The number of halogens is 2. The molecule has 3 aromatic carbocycles. The smallest absolute Gasteiger partial charge is 0.261 e. The molecule has 0 heterocycles. The maximum Gasteiger partial charge on any atom is 0.261 e. The molecular weight excluding hydrogens is 519 g/mol. The molecule has 38 heavy (non-hydrogen) atoms. The molecule has 3 aromatic rings. The highest BCUT2D eigenvalue weighted by atomic mass is 35.5. The molecule has 4 rings (SSSR count). The van der Waals surface area contributed by atoms with Gasteiger partial charge in [0.2, 0.25) is 5.91 Å². The zero-order chi connectivity index (χ0) is 27.1. The highest BCUT2D eigenvalue weighted by Crippen LogP contribution is 2.25. The van der Waals surface area contributed by atoms with Crippen LogP contribution in [0.2, 0.25) is 10.0 Å². The van der Waals surface area contributed by atoms with E-state index in [9.17, 15) is 9.59 Å². The first-order valence-corrected chi connectivity index (χ1v) is 13.8. The number of hydrogen-bond acceptors (Lipinski definition) is 3. The predicted molar refractivity (Wildman–Crippen MR) is 153 cm³/mol. The molecule has 1 aliphatic rings. The van der Waals surface area contributed by atoms with E-state index in [1.165, 1.54) is 0 Å². The van der Waals surface area contributed by atoms with Gasteiger partial charge in [0.25, 0.3) is 5.91 Å². The lowest BCUT2D eigenvalue weighted by Gasteiger charge is -2.32. The normalized spacial score (nSPS) is 14.2. The van der Waals surface area contributed by atoms with Crippen molar-refractivity contribution in [3.63, 3.8) is 0 Å². The van der Waals surface area contributed by atoms with Crippen molar-refractivity contribution in [2.75, 3.05) is 6.61 Å². The SMILES string of the molecule is Cc1ccc(C)c(OCC(=O)N(Cc2ccc(Cl)c(Cl)c2)[C@@H](Cc2ccccc2)C(=O)NC2CCCC2)c1. The quantitative estimate of drug-likeness (QED) is 0.305. The second kappa shape index (κ2) is 13.2. The van der Waals surface area contributed by atoms with Crippen molar-refractivity contribution in [2.45, 2.75) is 64.6 Å². The third-order valence-corrected chi connectivity index (χ3v) is 7.74. The van der Waals surface area contributed by atoms with Crippen LogP contribution in [0.4, 0.5) is 0 Å². The topological polar surface area (TPSA) is 58.6 Å². The number of aryl methyl sites for hydroxylation is 2. The number of hydrogen-bond donors (Lipinski definition) is 1. The van der Waals surface area contributed by atoms with E-state index in [4.69, 9.17) is 27.9 Å². The van der Waals surface area contributed by atoms with E-state index in [0.717, 1.165) is 47.9 Å². The molecule has 5 nitrogen and oxygen atoms in total. The molecule has 200 valence electrons. The summed E-state index contributed by atoms with van der Waals surface area (Å²) >= 11 is 12.4. The van der Waals surface area contributed by atoms with Gasteiger partial charge in [-0.2, -0.15) is 0 Å². The van der Waals surface area contributed by atoms with E-state index in [-0.39, 0.29) is 31.0 Å². The largest absolute Gasteiger partial charge is 0.483 e. The van der Waals surface area contributed by atoms with Crippen molar-refractivity contribution in [1.29, 1.82) is 0 Å². The Labute approximate surface area is 235 Å². The Bertz CT molecular complexity index is 1260. The average molecular weight is 554 g/mol. The Morgan fingerprint density at radius 3 is 2.39 bits per heavy atom. The molecule has 0 saturated heterocycles. The lowest BCUT2D eigenvalue weighted by Crippen LogP contribution is -2.53. The number of carbonyl (C=O) groups excluding carboxylic acids is 2. The van der Waals surface area contributed by atoms with Crippen molar-refractivity contribution in [3.8, 4) is 5.75 Å². The van der Waals surface area contributed by atoms with E-state index in [0.29, 0.717) is 22.2 Å². The highest BCUT2D eigenvalue weighted by Gasteiger charge is 2.32. The Morgan fingerprint density at radius 2 is 1.68 bits per heavy atom. The molecule has 1 aliphatic carbocycles. The van der Waals surface area contributed by atoms with Crippen LogP contribution in [0.3, 0.4) is 0 Å². The van der Waals surface area contributed by atoms with Crippen molar-refractivity contribution in [2.24, 2.45) is 0 Å². The zero-order valence-electron chi connectivity index (χ0n) is 21.9. The second-order valence-electron chi connectivity index (χ2n) is 10.0. The maximum absolute atomic E-state index is 13.8. The molecule has 1 N–H and O–H groups in total. The van der Waals surface area contributed by atoms with E-state index in [1.54, 1.807) is 17.0 Å². The van der Waals surface area contributed by atoms with Crippen LogP contribution >= 0.6 is 23.2 Å². The van der Waals surface area contributed by atoms with Crippen LogP contribution in [-0.2, 0) is 22.6 Å². The third kappa shape index (κ3) is 7.52. The van der Waals surface area contributed by atoms with Gasteiger partial charge in [-0.1, -0.05) is 84.6 Å². The van der Waals surface area contributed by atoms with Gasteiger partial charge in [0.05, 0.1) is 10.0 Å². The minimum absolute atomic E-state index is 0.133. The van der Waals surface area contributed by atoms with Gasteiger partial charge in [-0.05, 0) is 67.1 Å². The number of amides is 2. The first kappa shape index (κ1) is 28.0. The summed E-state index contributed by atoms with van der Waals surface area (Å²) in [6, 6.07) is 20.3. The van der Waals surface area contributed by atoms with E-state index < -0.39 is 6.04 Å². The Balaban J connectivity index is 1.64. The van der Waals surface area contributed by atoms with Gasteiger partial charge in [-0.15, -0.1) is 0 Å². The summed E-state index contributed by atoms with van der Waals surface area (Å²) in [6.07, 6.45) is 4.50. The summed E-state index contributed by atoms with van der Waals surface area (Å²) in [5.41, 5.74) is 3.75. The Hall–Kier alpha value is -3.02. The van der Waals surface area contributed by atoms with Crippen molar-refractivity contribution >= 4 is 35.0 Å². The van der Waals surface area contributed by atoms with E-state index in [1.807, 2.05) is 68.4 Å². The summed E-state index contributed by atoms with van der Waals surface area (Å²) in [7, 11) is 0. The molecule has 1 fully saturated rings. The van der Waals surface area contributed by atoms with Crippen molar-refractivity contribution < 1.29 is 14.3 Å². The van der Waals surface area contributed by atoms with Gasteiger partial charge >= 0.3 is 0 Å². The van der Waals surface area contributed by atoms with Gasteiger partial charge < -0.3 is 15.0 Å². The minimum atomic E-state index is -0.720. The summed E-state index contributed by atoms with van der Waals surface area (Å²) < 4.78 is 5.98. The zero-order valence-corrected chi connectivity index (χ0v) is 23.4. The van der Waals surface area contributed by atoms with E-state index in [2.05, 4.69) is 5.32 Å². The highest BCUT2D eigenvalue weighted by molar-refractivity contribution is 6.42. The fourth-order valence-corrected chi connectivity index (χ4v) is 5.16. The average Bonchev–Trinajstić information content (AvgIpc) is 3.42. The number of nitrogens with zero attached hydrogens (tertiary/aromatic N) is 1. The first-order chi connectivity index (χ1) is 18.3. The number of benzene rings is 3. The van der Waals surface area contributed by atoms with Crippen LogP contribution in [0.25, 0.3) is 0 Å². The molecule has 0 aromatic heterocycles. The van der Waals surface area contributed by atoms with Crippen LogP contribution in [0.15, 0.2) is 66.7 Å².